The van der Waals surface area contributed by atoms with Crippen molar-refractivity contribution in [2.45, 2.75) is 19.3 Å². The largest absolute Gasteiger partial charge is 0.316 e. The van der Waals surface area contributed by atoms with Gasteiger partial charge in [-0.3, -0.25) is 4.79 Å². The summed E-state index contributed by atoms with van der Waals surface area (Å²) in [5.41, 5.74) is 0.437. The van der Waals surface area contributed by atoms with E-state index in [-0.39, 0.29) is 29.5 Å². The molecule has 2 aliphatic heterocycles. The molecule has 1 aromatic rings. The van der Waals surface area contributed by atoms with Gasteiger partial charge in [-0.15, -0.1) is 12.4 Å². The first-order valence-electron chi connectivity index (χ1n) is 6.50. The third-order valence-electron chi connectivity index (χ3n) is 4.10. The minimum absolute atomic E-state index is 0. The number of anilines is 1. The normalized spacial score (nSPS) is 26.6. The standard InChI is InChI=1S/C14H17FN2O.ClH/c15-11-3-1-4-12(9-11)17-8-6-14(13(17)18)5-2-7-16-10-14;/h1,3-4,9,16H,2,5-8,10H2;1H. The summed E-state index contributed by atoms with van der Waals surface area (Å²) in [5, 5.41) is 3.31. The Morgan fingerprint density at radius 2 is 2.16 bits per heavy atom. The number of hydrogen-bond acceptors (Lipinski definition) is 2. The Hall–Kier alpha value is -1.13. The van der Waals surface area contributed by atoms with Crippen molar-refractivity contribution in [2.24, 2.45) is 5.41 Å². The van der Waals surface area contributed by atoms with Crippen LogP contribution in [0.2, 0.25) is 0 Å². The lowest BCUT2D eigenvalue weighted by Crippen LogP contribution is -2.45. The molecule has 0 bridgehead atoms. The van der Waals surface area contributed by atoms with E-state index in [4.69, 9.17) is 0 Å². The topological polar surface area (TPSA) is 32.3 Å². The summed E-state index contributed by atoms with van der Waals surface area (Å²) in [7, 11) is 0. The van der Waals surface area contributed by atoms with Gasteiger partial charge in [0.1, 0.15) is 5.82 Å². The van der Waals surface area contributed by atoms with Gasteiger partial charge in [-0.1, -0.05) is 6.07 Å². The predicted octanol–water partition coefficient (Wildman–Crippen LogP) is 2.35. The van der Waals surface area contributed by atoms with Crippen LogP contribution in [-0.4, -0.2) is 25.5 Å². The first kappa shape index (κ1) is 14.3. The van der Waals surface area contributed by atoms with E-state index in [1.54, 1.807) is 17.0 Å². The molecule has 0 aliphatic carbocycles. The minimum Gasteiger partial charge on any atom is -0.316 e. The van der Waals surface area contributed by atoms with Crippen LogP contribution < -0.4 is 10.2 Å². The van der Waals surface area contributed by atoms with Gasteiger partial charge in [0.25, 0.3) is 0 Å². The van der Waals surface area contributed by atoms with E-state index in [1.165, 1.54) is 12.1 Å². The van der Waals surface area contributed by atoms with Crippen molar-refractivity contribution >= 4 is 24.0 Å². The van der Waals surface area contributed by atoms with Crippen molar-refractivity contribution in [1.82, 2.24) is 5.32 Å². The lowest BCUT2D eigenvalue weighted by atomic mass is 9.79. The van der Waals surface area contributed by atoms with E-state index in [2.05, 4.69) is 5.32 Å². The van der Waals surface area contributed by atoms with Crippen LogP contribution in [0.15, 0.2) is 24.3 Å². The second kappa shape index (κ2) is 5.47. The molecule has 2 heterocycles. The number of hydrogen-bond donors (Lipinski definition) is 1. The summed E-state index contributed by atoms with van der Waals surface area (Å²) < 4.78 is 13.2. The number of benzene rings is 1. The number of carbonyl (C=O) groups is 1. The Morgan fingerprint density at radius 1 is 1.32 bits per heavy atom. The number of nitrogens with one attached hydrogen (secondary N) is 1. The van der Waals surface area contributed by atoms with Crippen LogP contribution in [0.25, 0.3) is 0 Å². The molecule has 1 unspecified atom stereocenters. The number of rotatable bonds is 1. The third-order valence-corrected chi connectivity index (χ3v) is 4.10. The van der Waals surface area contributed by atoms with Crippen LogP contribution in [0.3, 0.4) is 0 Å². The molecule has 0 saturated carbocycles. The molecule has 104 valence electrons. The lowest BCUT2D eigenvalue weighted by Gasteiger charge is -2.32. The van der Waals surface area contributed by atoms with Gasteiger partial charge >= 0.3 is 0 Å². The molecule has 1 N–H and O–H groups in total. The van der Waals surface area contributed by atoms with Crippen molar-refractivity contribution in [2.75, 3.05) is 24.5 Å². The molecule has 19 heavy (non-hydrogen) atoms. The number of piperidine rings is 1. The van der Waals surface area contributed by atoms with E-state index in [1.807, 2.05) is 0 Å². The highest BCUT2D eigenvalue weighted by Crippen LogP contribution is 2.39. The van der Waals surface area contributed by atoms with E-state index >= 15 is 0 Å². The Bertz CT molecular complexity index is 474. The van der Waals surface area contributed by atoms with Gasteiger partial charge in [0.2, 0.25) is 5.91 Å². The molecular weight excluding hydrogens is 267 g/mol. The maximum absolute atomic E-state index is 13.2. The maximum Gasteiger partial charge on any atom is 0.234 e. The van der Waals surface area contributed by atoms with Gasteiger partial charge in [0, 0.05) is 18.8 Å². The lowest BCUT2D eigenvalue weighted by molar-refractivity contribution is -0.126. The van der Waals surface area contributed by atoms with Crippen molar-refractivity contribution in [3.63, 3.8) is 0 Å². The van der Waals surface area contributed by atoms with E-state index < -0.39 is 0 Å². The average molecular weight is 285 g/mol. The molecule has 0 radical (unpaired) electrons. The second-order valence-corrected chi connectivity index (χ2v) is 5.25. The smallest absolute Gasteiger partial charge is 0.234 e. The van der Waals surface area contributed by atoms with Gasteiger partial charge in [-0.05, 0) is 44.0 Å². The van der Waals surface area contributed by atoms with Crippen molar-refractivity contribution in [3.05, 3.63) is 30.1 Å². The molecule has 1 atom stereocenters. The molecule has 3 rings (SSSR count). The number of amides is 1. The monoisotopic (exact) mass is 284 g/mol. The van der Waals surface area contributed by atoms with Gasteiger partial charge in [0.15, 0.2) is 0 Å². The Kier molecular flexibility index (Phi) is 4.11. The van der Waals surface area contributed by atoms with Crippen LogP contribution in [-0.2, 0) is 4.79 Å². The van der Waals surface area contributed by atoms with E-state index in [0.717, 1.165) is 32.4 Å². The summed E-state index contributed by atoms with van der Waals surface area (Å²) in [4.78, 5) is 14.3. The first-order valence-corrected chi connectivity index (χ1v) is 6.50. The maximum atomic E-state index is 13.2. The molecule has 1 aromatic carbocycles. The summed E-state index contributed by atoms with van der Waals surface area (Å²) in [6.45, 7) is 2.45. The Labute approximate surface area is 118 Å². The number of halogens is 2. The predicted molar refractivity (Wildman–Crippen MR) is 75.2 cm³/mol. The Balaban J connectivity index is 0.00000133. The van der Waals surface area contributed by atoms with E-state index in [9.17, 15) is 9.18 Å². The van der Waals surface area contributed by atoms with Crippen molar-refractivity contribution in [1.29, 1.82) is 0 Å². The highest BCUT2D eigenvalue weighted by molar-refractivity contribution is 6.00. The molecule has 5 heteroatoms. The van der Waals surface area contributed by atoms with Crippen LogP contribution >= 0.6 is 12.4 Å². The summed E-state index contributed by atoms with van der Waals surface area (Å²) in [5.74, 6) is -0.136. The highest BCUT2D eigenvalue weighted by atomic mass is 35.5. The molecule has 0 aromatic heterocycles. The average Bonchev–Trinajstić information content (AvgIpc) is 2.68. The zero-order chi connectivity index (χ0) is 12.6. The zero-order valence-electron chi connectivity index (χ0n) is 10.7. The molecule has 2 saturated heterocycles. The number of carbonyl (C=O) groups excluding carboxylic acids is 1. The quantitative estimate of drug-likeness (QED) is 0.859. The van der Waals surface area contributed by atoms with Gasteiger partial charge in [-0.2, -0.15) is 0 Å². The van der Waals surface area contributed by atoms with Crippen LogP contribution in [0.1, 0.15) is 19.3 Å². The molecule has 2 aliphatic rings. The molecule has 3 nitrogen and oxygen atoms in total. The first-order chi connectivity index (χ1) is 8.71. The van der Waals surface area contributed by atoms with Gasteiger partial charge in [-0.25, -0.2) is 4.39 Å². The second-order valence-electron chi connectivity index (χ2n) is 5.25. The van der Waals surface area contributed by atoms with Gasteiger partial charge in [0.05, 0.1) is 5.41 Å². The summed E-state index contributed by atoms with van der Waals surface area (Å²) in [6, 6.07) is 6.30. The third kappa shape index (κ3) is 2.47. The molecule has 1 spiro atoms. The van der Waals surface area contributed by atoms with Crippen molar-refractivity contribution in [3.8, 4) is 0 Å². The fourth-order valence-corrected chi connectivity index (χ4v) is 3.07. The molecule has 1 amide bonds. The highest BCUT2D eigenvalue weighted by Gasteiger charge is 2.47. The SMILES string of the molecule is Cl.O=C1N(c2cccc(F)c2)CCC12CCCNC2. The molecule has 2 fully saturated rings. The van der Waals surface area contributed by atoms with Crippen LogP contribution in [0.5, 0.6) is 0 Å². The summed E-state index contributed by atoms with van der Waals surface area (Å²) >= 11 is 0. The minimum atomic E-state index is -0.289. The Morgan fingerprint density at radius 3 is 2.84 bits per heavy atom. The van der Waals surface area contributed by atoms with Crippen LogP contribution in [0.4, 0.5) is 10.1 Å². The number of nitrogens with zero attached hydrogens (tertiary/aromatic N) is 1. The van der Waals surface area contributed by atoms with Crippen molar-refractivity contribution < 1.29 is 9.18 Å². The fraction of sp³-hybridized carbons (Fsp3) is 0.500. The molecular formula is C14H18ClFN2O. The fourth-order valence-electron chi connectivity index (χ4n) is 3.07. The zero-order valence-corrected chi connectivity index (χ0v) is 11.5. The van der Waals surface area contributed by atoms with Crippen LogP contribution in [0, 0.1) is 11.2 Å². The summed E-state index contributed by atoms with van der Waals surface area (Å²) in [6.07, 6.45) is 2.86. The van der Waals surface area contributed by atoms with Gasteiger partial charge < -0.3 is 10.2 Å². The van der Waals surface area contributed by atoms with E-state index in [0.29, 0.717) is 12.2 Å².